The molecule has 0 spiro atoms. The molecule has 1 aliphatic carbocycles. The second-order valence-electron chi connectivity index (χ2n) is 3.88. The number of nitrogens with zero attached hydrogens (tertiary/aromatic N) is 1. The Labute approximate surface area is 91.1 Å². The van der Waals surface area contributed by atoms with Crippen molar-refractivity contribution >= 4 is 11.5 Å². The van der Waals surface area contributed by atoms with E-state index < -0.39 is 11.7 Å². The molecular formula is C10H12F3N3. The second kappa shape index (κ2) is 3.54. The van der Waals surface area contributed by atoms with Crippen LogP contribution < -0.4 is 10.6 Å². The number of halogens is 3. The predicted molar refractivity (Wildman–Crippen MR) is 55.4 cm³/mol. The average Bonchev–Trinajstić information content (AvgIpc) is 2.98. The Bertz CT molecular complexity index is 385. The Morgan fingerprint density at radius 1 is 1.38 bits per heavy atom. The van der Waals surface area contributed by atoms with Crippen LogP contribution in [0.3, 0.4) is 0 Å². The summed E-state index contributed by atoms with van der Waals surface area (Å²) >= 11 is 0. The van der Waals surface area contributed by atoms with Crippen molar-refractivity contribution in [2.24, 2.45) is 0 Å². The van der Waals surface area contributed by atoms with Gasteiger partial charge in [-0.15, -0.1) is 0 Å². The topological polar surface area (TPSA) is 37.0 Å². The Hall–Kier alpha value is -1.46. The second-order valence-corrected chi connectivity index (χ2v) is 3.88. The van der Waals surface area contributed by atoms with Crippen LogP contribution in [-0.2, 0) is 0 Å². The van der Waals surface area contributed by atoms with Gasteiger partial charge in [-0.1, -0.05) is 0 Å². The maximum absolute atomic E-state index is 12.7. The first-order valence-corrected chi connectivity index (χ1v) is 4.96. The van der Waals surface area contributed by atoms with E-state index in [-0.39, 0.29) is 12.8 Å². The molecule has 0 atom stereocenters. The molecule has 0 aromatic carbocycles. The van der Waals surface area contributed by atoms with E-state index in [1.807, 2.05) is 0 Å². The van der Waals surface area contributed by atoms with Gasteiger partial charge in [0.05, 0.1) is 0 Å². The molecule has 2 N–H and O–H groups in total. The summed E-state index contributed by atoms with van der Waals surface area (Å²) < 4.78 is 38.0. The molecule has 1 saturated carbocycles. The molecule has 1 aromatic rings. The van der Waals surface area contributed by atoms with Crippen molar-refractivity contribution < 1.29 is 13.2 Å². The fourth-order valence-electron chi connectivity index (χ4n) is 1.53. The predicted octanol–water partition coefficient (Wildman–Crippen LogP) is 2.63. The van der Waals surface area contributed by atoms with E-state index in [2.05, 4.69) is 15.6 Å². The number of aromatic nitrogens is 1. The summed E-state index contributed by atoms with van der Waals surface area (Å²) in [6.45, 7) is 0. The lowest BCUT2D eigenvalue weighted by Crippen LogP contribution is -2.38. The zero-order chi connectivity index (χ0) is 11.8. The highest BCUT2D eigenvalue weighted by molar-refractivity contribution is 5.54. The summed E-state index contributed by atoms with van der Waals surface area (Å²) in [5, 5.41) is 5.32. The van der Waals surface area contributed by atoms with E-state index in [0.29, 0.717) is 11.5 Å². The molecule has 88 valence electrons. The van der Waals surface area contributed by atoms with E-state index >= 15 is 0 Å². The van der Waals surface area contributed by atoms with Crippen LogP contribution in [-0.4, -0.2) is 23.7 Å². The first-order valence-electron chi connectivity index (χ1n) is 4.96. The van der Waals surface area contributed by atoms with Crippen molar-refractivity contribution in [3.63, 3.8) is 0 Å². The van der Waals surface area contributed by atoms with E-state index in [0.717, 1.165) is 0 Å². The maximum Gasteiger partial charge on any atom is 0.411 e. The lowest BCUT2D eigenvalue weighted by atomic mass is 10.2. The summed E-state index contributed by atoms with van der Waals surface area (Å²) in [5.74, 6) is 0.544. The van der Waals surface area contributed by atoms with Crippen molar-refractivity contribution in [1.29, 1.82) is 0 Å². The summed E-state index contributed by atoms with van der Waals surface area (Å²) in [5.41, 5.74) is -1.28. The normalized spacial score (nSPS) is 18.0. The Kier molecular flexibility index (Phi) is 2.44. The van der Waals surface area contributed by atoms with Crippen LogP contribution in [0.2, 0.25) is 0 Å². The molecule has 1 aromatic heterocycles. The quantitative estimate of drug-likeness (QED) is 0.839. The molecule has 1 aliphatic rings. The molecule has 0 unspecified atom stereocenters. The number of rotatable bonds is 3. The van der Waals surface area contributed by atoms with E-state index in [4.69, 9.17) is 0 Å². The lowest BCUT2D eigenvalue weighted by Gasteiger charge is -2.22. The Balaban J connectivity index is 2.15. The molecule has 16 heavy (non-hydrogen) atoms. The molecule has 0 saturated heterocycles. The summed E-state index contributed by atoms with van der Waals surface area (Å²) in [6, 6.07) is 3.10. The lowest BCUT2D eigenvalue weighted by molar-refractivity contribution is -0.151. The molecule has 3 nitrogen and oxygen atoms in total. The zero-order valence-electron chi connectivity index (χ0n) is 8.73. The first-order chi connectivity index (χ1) is 7.47. The fourth-order valence-corrected chi connectivity index (χ4v) is 1.53. The molecule has 0 bridgehead atoms. The summed E-state index contributed by atoms with van der Waals surface area (Å²) in [4.78, 5) is 3.94. The summed E-state index contributed by atoms with van der Waals surface area (Å²) in [7, 11) is 1.67. The SMILES string of the molecule is CNc1cc(NC2(C(F)(F)F)CC2)ccn1. The third-order valence-electron chi connectivity index (χ3n) is 2.69. The monoisotopic (exact) mass is 231 g/mol. The van der Waals surface area contributed by atoms with Crippen molar-refractivity contribution in [3.8, 4) is 0 Å². The largest absolute Gasteiger partial charge is 0.411 e. The molecule has 1 fully saturated rings. The van der Waals surface area contributed by atoms with Crippen LogP contribution in [0.15, 0.2) is 18.3 Å². The molecule has 0 radical (unpaired) electrons. The van der Waals surface area contributed by atoms with Crippen LogP contribution in [0.5, 0.6) is 0 Å². The van der Waals surface area contributed by atoms with Crippen LogP contribution in [0.1, 0.15) is 12.8 Å². The van der Waals surface area contributed by atoms with E-state index in [9.17, 15) is 13.2 Å². The number of hydrogen-bond donors (Lipinski definition) is 2. The highest BCUT2D eigenvalue weighted by atomic mass is 19.4. The van der Waals surface area contributed by atoms with Gasteiger partial charge in [-0.3, -0.25) is 0 Å². The third-order valence-corrected chi connectivity index (χ3v) is 2.69. The maximum atomic E-state index is 12.7. The van der Waals surface area contributed by atoms with Gasteiger partial charge in [0.2, 0.25) is 0 Å². The number of anilines is 2. The smallest absolute Gasteiger partial charge is 0.373 e. The number of pyridine rings is 1. The number of nitrogens with one attached hydrogen (secondary N) is 2. The van der Waals surface area contributed by atoms with Gasteiger partial charge < -0.3 is 10.6 Å². The number of hydrogen-bond acceptors (Lipinski definition) is 3. The van der Waals surface area contributed by atoms with Crippen LogP contribution >= 0.6 is 0 Å². The zero-order valence-corrected chi connectivity index (χ0v) is 8.73. The fraction of sp³-hybridized carbons (Fsp3) is 0.500. The van der Waals surface area contributed by atoms with Gasteiger partial charge in [-0.2, -0.15) is 13.2 Å². The van der Waals surface area contributed by atoms with Gasteiger partial charge in [0.1, 0.15) is 11.4 Å². The highest BCUT2D eigenvalue weighted by Gasteiger charge is 2.63. The van der Waals surface area contributed by atoms with E-state index in [1.165, 1.54) is 12.3 Å². The van der Waals surface area contributed by atoms with Gasteiger partial charge in [0, 0.05) is 25.0 Å². The third kappa shape index (κ3) is 1.91. The van der Waals surface area contributed by atoms with Gasteiger partial charge >= 0.3 is 6.18 Å². The molecule has 0 aliphatic heterocycles. The molecule has 1 heterocycles. The van der Waals surface area contributed by atoms with Crippen molar-refractivity contribution in [2.45, 2.75) is 24.6 Å². The molecule has 2 rings (SSSR count). The van der Waals surface area contributed by atoms with Crippen LogP contribution in [0.25, 0.3) is 0 Å². The molecular weight excluding hydrogens is 219 g/mol. The standard InChI is InChI=1S/C10H12F3N3/c1-14-8-6-7(2-5-15-8)16-9(3-4-9)10(11,12)13/h2,5-6H,3-4H2,1H3,(H2,14,15,16). The van der Waals surface area contributed by atoms with Crippen LogP contribution in [0.4, 0.5) is 24.7 Å². The van der Waals surface area contributed by atoms with Gasteiger partial charge in [-0.25, -0.2) is 4.98 Å². The first kappa shape index (κ1) is 11.0. The molecule has 6 heteroatoms. The summed E-state index contributed by atoms with van der Waals surface area (Å²) in [6.07, 6.45) is -2.46. The van der Waals surface area contributed by atoms with Gasteiger partial charge in [0.25, 0.3) is 0 Å². The van der Waals surface area contributed by atoms with Gasteiger partial charge in [0.15, 0.2) is 0 Å². The van der Waals surface area contributed by atoms with Crippen molar-refractivity contribution in [1.82, 2.24) is 4.98 Å². The van der Waals surface area contributed by atoms with Gasteiger partial charge in [-0.05, 0) is 18.9 Å². The number of alkyl halides is 3. The molecule has 0 amide bonds. The average molecular weight is 231 g/mol. The Morgan fingerprint density at radius 3 is 2.56 bits per heavy atom. The minimum absolute atomic E-state index is 0.133. The van der Waals surface area contributed by atoms with E-state index in [1.54, 1.807) is 13.1 Å². The minimum Gasteiger partial charge on any atom is -0.373 e. The van der Waals surface area contributed by atoms with Crippen molar-refractivity contribution in [2.75, 3.05) is 17.7 Å². The highest BCUT2D eigenvalue weighted by Crippen LogP contribution is 2.51. The van der Waals surface area contributed by atoms with Crippen LogP contribution in [0, 0.1) is 0 Å². The van der Waals surface area contributed by atoms with Crippen molar-refractivity contribution in [3.05, 3.63) is 18.3 Å². The minimum atomic E-state index is -4.20. The Morgan fingerprint density at radius 2 is 2.06 bits per heavy atom.